The Kier molecular flexibility index (Phi) is 8.52. The van der Waals surface area contributed by atoms with Crippen molar-refractivity contribution in [1.29, 1.82) is 0 Å². The fourth-order valence-electron chi connectivity index (χ4n) is 5.75. The van der Waals surface area contributed by atoms with Crippen LogP contribution in [0.1, 0.15) is 47.8 Å². The Labute approximate surface area is 257 Å². The minimum Gasteiger partial charge on any atom is -0.372 e. The van der Waals surface area contributed by atoms with Crippen LogP contribution in [0.5, 0.6) is 0 Å². The van der Waals surface area contributed by atoms with Gasteiger partial charge in [0, 0.05) is 44.8 Å². The predicted molar refractivity (Wildman–Crippen MR) is 167 cm³/mol. The van der Waals surface area contributed by atoms with Gasteiger partial charge in [0.15, 0.2) is 0 Å². The lowest BCUT2D eigenvalue weighted by Crippen LogP contribution is -2.44. The minimum absolute atomic E-state index is 0.0496. The SMILES string of the molecule is Cc1ccc(S(=O)(=O)OC[C@@H]2CN(c3ccc(Nc4ncc5cc(C(=O)N(C)C)n(C6CCCC6)c5n4)nc3)CCO2)cc1. The van der Waals surface area contributed by atoms with Gasteiger partial charge in [-0.15, -0.1) is 0 Å². The molecule has 4 aromatic rings. The van der Waals surface area contributed by atoms with Gasteiger partial charge in [0.25, 0.3) is 16.0 Å². The maximum absolute atomic E-state index is 13.0. The third-order valence-corrected chi connectivity index (χ3v) is 9.40. The molecule has 2 aliphatic rings. The molecule has 1 amide bonds. The highest BCUT2D eigenvalue weighted by molar-refractivity contribution is 7.86. The number of carbonyl (C=O) groups is 1. The van der Waals surface area contributed by atoms with E-state index in [1.165, 1.54) is 0 Å². The molecule has 3 aromatic heterocycles. The summed E-state index contributed by atoms with van der Waals surface area (Å²) in [6.07, 6.45) is 7.39. The Balaban J connectivity index is 1.12. The number of pyridine rings is 1. The minimum atomic E-state index is -3.87. The second-order valence-electron chi connectivity index (χ2n) is 11.5. The molecule has 4 heterocycles. The molecule has 44 heavy (non-hydrogen) atoms. The maximum Gasteiger partial charge on any atom is 0.297 e. The van der Waals surface area contributed by atoms with Crippen LogP contribution in [0, 0.1) is 6.92 Å². The first-order valence-corrected chi connectivity index (χ1v) is 16.2. The van der Waals surface area contributed by atoms with Crippen LogP contribution in [0.15, 0.2) is 59.8 Å². The highest BCUT2D eigenvalue weighted by Gasteiger charge is 2.27. The molecular weight excluding hydrogens is 582 g/mol. The number of nitrogens with one attached hydrogen (secondary N) is 1. The van der Waals surface area contributed by atoms with E-state index < -0.39 is 16.2 Å². The summed E-state index contributed by atoms with van der Waals surface area (Å²) in [5, 5.41) is 4.03. The maximum atomic E-state index is 13.0. The summed E-state index contributed by atoms with van der Waals surface area (Å²) in [6, 6.07) is 12.5. The third kappa shape index (κ3) is 6.40. The van der Waals surface area contributed by atoms with Gasteiger partial charge in [-0.1, -0.05) is 30.5 Å². The zero-order chi connectivity index (χ0) is 30.8. The zero-order valence-electron chi connectivity index (χ0n) is 25.1. The quantitative estimate of drug-likeness (QED) is 0.271. The smallest absolute Gasteiger partial charge is 0.297 e. The van der Waals surface area contributed by atoms with Crippen molar-refractivity contribution in [3.63, 3.8) is 0 Å². The summed E-state index contributed by atoms with van der Waals surface area (Å²) >= 11 is 0. The fourth-order valence-corrected chi connectivity index (χ4v) is 6.69. The molecule has 0 radical (unpaired) electrons. The molecule has 1 saturated carbocycles. The van der Waals surface area contributed by atoms with Gasteiger partial charge in [-0.2, -0.15) is 13.4 Å². The average molecular weight is 620 g/mol. The van der Waals surface area contributed by atoms with Crippen LogP contribution in [0.2, 0.25) is 0 Å². The number of ether oxygens (including phenoxy) is 1. The topological polar surface area (TPSA) is 132 Å². The Bertz CT molecular complexity index is 1730. The van der Waals surface area contributed by atoms with Gasteiger partial charge in [0.05, 0.1) is 36.1 Å². The number of anilines is 3. The van der Waals surface area contributed by atoms with E-state index in [0.717, 1.165) is 48.0 Å². The van der Waals surface area contributed by atoms with Crippen molar-refractivity contribution >= 4 is 44.5 Å². The van der Waals surface area contributed by atoms with Crippen LogP contribution in [0.25, 0.3) is 11.0 Å². The molecule has 0 bridgehead atoms. The number of rotatable bonds is 9. The van der Waals surface area contributed by atoms with Gasteiger partial charge in [0.1, 0.15) is 17.2 Å². The molecule has 1 aliphatic carbocycles. The molecule has 12 nitrogen and oxygen atoms in total. The number of fused-ring (bicyclic) bond motifs is 1. The Morgan fingerprint density at radius 3 is 2.57 bits per heavy atom. The van der Waals surface area contributed by atoms with Crippen molar-refractivity contribution in [1.82, 2.24) is 24.4 Å². The highest BCUT2D eigenvalue weighted by atomic mass is 32.2. The number of benzene rings is 1. The number of aromatic nitrogens is 4. The molecule has 1 aliphatic heterocycles. The number of amides is 1. The van der Waals surface area contributed by atoms with Gasteiger partial charge in [-0.3, -0.25) is 8.98 Å². The summed E-state index contributed by atoms with van der Waals surface area (Å²) in [5.41, 5.74) is 3.22. The van der Waals surface area contributed by atoms with E-state index in [-0.39, 0.29) is 23.5 Å². The molecule has 1 aromatic carbocycles. The largest absolute Gasteiger partial charge is 0.372 e. The lowest BCUT2D eigenvalue weighted by Gasteiger charge is -2.34. The van der Waals surface area contributed by atoms with E-state index >= 15 is 0 Å². The number of nitrogens with zero attached hydrogens (tertiary/aromatic N) is 6. The van der Waals surface area contributed by atoms with E-state index in [2.05, 4.69) is 24.8 Å². The second kappa shape index (κ2) is 12.5. The van der Waals surface area contributed by atoms with Crippen molar-refractivity contribution in [2.45, 2.75) is 49.6 Å². The molecule has 2 fully saturated rings. The molecule has 1 atom stereocenters. The van der Waals surface area contributed by atoms with Crippen molar-refractivity contribution < 1.29 is 22.1 Å². The number of hydrogen-bond acceptors (Lipinski definition) is 10. The van der Waals surface area contributed by atoms with Crippen molar-refractivity contribution in [3.8, 4) is 0 Å². The standard InChI is InChI=1S/C31H37N7O5S/c1-21-8-11-26(12-9-21)44(40,41)43-20-25-19-37(14-15-42-25)24-10-13-28(32-18-24)34-31-33-17-22-16-27(30(39)36(2)3)38(29(22)35-31)23-6-4-5-7-23/h8-13,16-18,23,25H,4-7,14-15,19-20H2,1-3H3,(H,32,33,34,35)/t25-/m0/s1. The highest BCUT2D eigenvalue weighted by Crippen LogP contribution is 2.35. The van der Waals surface area contributed by atoms with Gasteiger partial charge >= 0.3 is 0 Å². The molecule has 232 valence electrons. The van der Waals surface area contributed by atoms with Gasteiger partial charge in [-0.05, 0) is 50.1 Å². The first kappa shape index (κ1) is 30.0. The molecule has 6 rings (SSSR count). The Morgan fingerprint density at radius 1 is 1.09 bits per heavy atom. The summed E-state index contributed by atoms with van der Waals surface area (Å²) in [5.74, 6) is 0.929. The lowest BCUT2D eigenvalue weighted by molar-refractivity contribution is 0.0117. The number of aryl methyl sites for hydroxylation is 1. The number of morpholine rings is 1. The Morgan fingerprint density at radius 2 is 1.86 bits per heavy atom. The van der Waals surface area contributed by atoms with Crippen molar-refractivity contribution in [2.24, 2.45) is 0 Å². The van der Waals surface area contributed by atoms with Crippen LogP contribution < -0.4 is 10.2 Å². The van der Waals surface area contributed by atoms with E-state index in [9.17, 15) is 13.2 Å². The number of carbonyl (C=O) groups excluding carboxylic acids is 1. The lowest BCUT2D eigenvalue weighted by atomic mass is 10.2. The van der Waals surface area contributed by atoms with Gasteiger partial charge in [-0.25, -0.2) is 9.97 Å². The summed E-state index contributed by atoms with van der Waals surface area (Å²) < 4.78 is 38.4. The third-order valence-electron chi connectivity index (χ3n) is 8.10. The zero-order valence-corrected chi connectivity index (χ0v) is 26.0. The molecule has 0 spiro atoms. The summed E-state index contributed by atoms with van der Waals surface area (Å²) in [4.78, 5) is 30.7. The van der Waals surface area contributed by atoms with Crippen LogP contribution in [-0.4, -0.2) is 85.2 Å². The summed E-state index contributed by atoms with van der Waals surface area (Å²) in [6.45, 7) is 3.36. The van der Waals surface area contributed by atoms with Gasteiger partial charge < -0.3 is 24.4 Å². The molecule has 13 heteroatoms. The average Bonchev–Trinajstić information content (AvgIpc) is 3.68. The molecule has 0 unspecified atom stereocenters. The van der Waals surface area contributed by atoms with E-state index in [1.807, 2.05) is 25.1 Å². The van der Waals surface area contributed by atoms with Crippen molar-refractivity contribution in [3.05, 3.63) is 66.1 Å². The van der Waals surface area contributed by atoms with E-state index in [4.69, 9.17) is 13.9 Å². The van der Waals surface area contributed by atoms with Crippen molar-refractivity contribution in [2.75, 3.05) is 50.6 Å². The predicted octanol–water partition coefficient (Wildman–Crippen LogP) is 4.31. The van der Waals surface area contributed by atoms with Crippen LogP contribution in [0.4, 0.5) is 17.5 Å². The van der Waals surface area contributed by atoms with Crippen LogP contribution >= 0.6 is 0 Å². The molecule has 1 N–H and O–H groups in total. The number of hydrogen-bond donors (Lipinski definition) is 1. The second-order valence-corrected chi connectivity index (χ2v) is 13.1. The monoisotopic (exact) mass is 619 g/mol. The van der Waals surface area contributed by atoms with E-state index in [0.29, 0.717) is 37.2 Å². The van der Waals surface area contributed by atoms with E-state index in [1.54, 1.807) is 55.7 Å². The fraction of sp³-hybridized carbons (Fsp3) is 0.419. The van der Waals surface area contributed by atoms with Crippen LogP contribution in [-0.2, 0) is 19.0 Å². The normalized spacial score (nSPS) is 17.7. The Hall–Kier alpha value is -4.07. The summed E-state index contributed by atoms with van der Waals surface area (Å²) in [7, 11) is -0.356. The first-order chi connectivity index (χ1) is 21.2. The first-order valence-electron chi connectivity index (χ1n) is 14.8. The molecule has 1 saturated heterocycles. The van der Waals surface area contributed by atoms with Crippen LogP contribution in [0.3, 0.4) is 0 Å². The molecular formula is C31H37N7O5S. The van der Waals surface area contributed by atoms with Gasteiger partial charge in [0.2, 0.25) is 5.95 Å².